The Kier molecular flexibility index (Phi) is 6.73. The molecule has 0 aromatic heterocycles. The first-order chi connectivity index (χ1) is 9.51. The first-order valence-corrected chi connectivity index (χ1v) is 6.78. The fraction of sp³-hybridized carbons (Fsp3) is 0.467. The lowest BCUT2D eigenvalue weighted by Crippen LogP contribution is -2.18. The molecule has 0 unspecified atom stereocenters. The maximum absolute atomic E-state index is 11.6. The van der Waals surface area contributed by atoms with E-state index in [0.29, 0.717) is 24.6 Å². The van der Waals surface area contributed by atoms with Crippen molar-refractivity contribution in [3.63, 3.8) is 0 Å². The Morgan fingerprint density at radius 2 is 1.55 bits per heavy atom. The number of anilines is 2. The molecule has 5 nitrogen and oxygen atoms in total. The molecule has 0 saturated heterocycles. The lowest BCUT2D eigenvalue weighted by atomic mass is 10.1. The van der Waals surface area contributed by atoms with Crippen molar-refractivity contribution in [2.75, 3.05) is 23.8 Å². The quantitative estimate of drug-likeness (QED) is 0.805. The molecule has 110 valence electrons. The highest BCUT2D eigenvalue weighted by Gasteiger charge is 2.06. The van der Waals surface area contributed by atoms with Gasteiger partial charge in [-0.2, -0.15) is 0 Å². The molecule has 1 rings (SSSR count). The molecule has 0 radical (unpaired) electrons. The van der Waals surface area contributed by atoms with Gasteiger partial charge in [-0.05, 0) is 37.1 Å². The van der Waals surface area contributed by atoms with Crippen molar-refractivity contribution in [2.45, 2.75) is 27.2 Å². The van der Waals surface area contributed by atoms with Crippen molar-refractivity contribution in [1.82, 2.24) is 0 Å². The molecule has 0 aliphatic carbocycles. The van der Waals surface area contributed by atoms with E-state index in [9.17, 15) is 9.59 Å². The molecule has 5 heteroatoms. The Hall–Kier alpha value is -1.88. The Morgan fingerprint density at radius 1 is 1.05 bits per heavy atom. The highest BCUT2D eigenvalue weighted by Crippen LogP contribution is 2.14. The van der Waals surface area contributed by atoms with E-state index in [1.54, 1.807) is 24.3 Å². The van der Waals surface area contributed by atoms with Crippen LogP contribution in [0.5, 0.6) is 0 Å². The van der Waals surface area contributed by atoms with Crippen molar-refractivity contribution in [3.05, 3.63) is 24.3 Å². The molecule has 1 aromatic rings. The normalized spacial score (nSPS) is 10.4. The monoisotopic (exact) mass is 278 g/mol. The molecule has 2 N–H and O–H groups in total. The second-order valence-corrected chi connectivity index (χ2v) is 4.91. The molecule has 0 aliphatic heterocycles. The van der Waals surface area contributed by atoms with Gasteiger partial charge in [0.25, 0.3) is 0 Å². The number of ether oxygens (including phenoxy) is 1. The molecule has 0 fully saturated rings. The van der Waals surface area contributed by atoms with Crippen LogP contribution in [0.3, 0.4) is 0 Å². The van der Waals surface area contributed by atoms with Crippen molar-refractivity contribution in [2.24, 2.45) is 5.92 Å². The van der Waals surface area contributed by atoms with E-state index < -0.39 is 0 Å². The lowest BCUT2D eigenvalue weighted by molar-refractivity contribution is -0.120. The molecular formula is C15H22N2O3. The summed E-state index contributed by atoms with van der Waals surface area (Å²) in [4.78, 5) is 23.1. The average molecular weight is 278 g/mol. The van der Waals surface area contributed by atoms with Gasteiger partial charge < -0.3 is 15.4 Å². The zero-order valence-corrected chi connectivity index (χ0v) is 12.2. The summed E-state index contributed by atoms with van der Waals surface area (Å²) in [5.41, 5.74) is 1.40. The summed E-state index contributed by atoms with van der Waals surface area (Å²) in [6.45, 7) is 6.38. The SMILES string of the molecule is CCOCC(=O)Nc1ccc(NC(=O)CC(C)C)cc1. The topological polar surface area (TPSA) is 67.4 Å². The summed E-state index contributed by atoms with van der Waals surface area (Å²) in [5.74, 6) is 0.128. The first-order valence-electron chi connectivity index (χ1n) is 6.78. The minimum Gasteiger partial charge on any atom is -0.372 e. The third-order valence-electron chi connectivity index (χ3n) is 2.48. The van der Waals surface area contributed by atoms with Crippen LogP contribution in [0.15, 0.2) is 24.3 Å². The minimum atomic E-state index is -0.191. The molecule has 0 spiro atoms. The van der Waals surface area contributed by atoms with Gasteiger partial charge in [0.1, 0.15) is 6.61 Å². The van der Waals surface area contributed by atoms with Gasteiger partial charge >= 0.3 is 0 Å². The Balaban J connectivity index is 2.47. The number of hydrogen-bond acceptors (Lipinski definition) is 3. The van der Waals surface area contributed by atoms with Gasteiger partial charge in [-0.3, -0.25) is 9.59 Å². The number of hydrogen-bond donors (Lipinski definition) is 2. The Morgan fingerprint density at radius 3 is 2.00 bits per heavy atom. The van der Waals surface area contributed by atoms with Crippen molar-refractivity contribution < 1.29 is 14.3 Å². The van der Waals surface area contributed by atoms with E-state index >= 15 is 0 Å². The minimum absolute atomic E-state index is 0.00636. The molecule has 0 aliphatic rings. The first kappa shape index (κ1) is 16.2. The van der Waals surface area contributed by atoms with Crippen LogP contribution in [-0.4, -0.2) is 25.0 Å². The Bertz CT molecular complexity index is 441. The summed E-state index contributed by atoms with van der Waals surface area (Å²) in [7, 11) is 0. The number of carbonyl (C=O) groups is 2. The second kappa shape index (κ2) is 8.32. The third kappa shape index (κ3) is 6.33. The van der Waals surface area contributed by atoms with E-state index in [-0.39, 0.29) is 18.4 Å². The summed E-state index contributed by atoms with van der Waals surface area (Å²) < 4.78 is 5.01. The van der Waals surface area contributed by atoms with E-state index in [0.717, 1.165) is 5.69 Å². The van der Waals surface area contributed by atoms with Crippen LogP contribution in [-0.2, 0) is 14.3 Å². The number of benzene rings is 1. The van der Waals surface area contributed by atoms with Crippen molar-refractivity contribution in [3.8, 4) is 0 Å². The standard InChI is InChI=1S/C15H22N2O3/c1-4-20-10-15(19)17-13-7-5-12(6-8-13)16-14(18)9-11(2)3/h5-8,11H,4,9-10H2,1-3H3,(H,16,18)(H,17,19). The molecule has 2 amide bonds. The van der Waals surface area contributed by atoms with Crippen molar-refractivity contribution >= 4 is 23.2 Å². The molecular weight excluding hydrogens is 256 g/mol. The lowest BCUT2D eigenvalue weighted by Gasteiger charge is -2.09. The van der Waals surface area contributed by atoms with E-state index in [2.05, 4.69) is 10.6 Å². The summed E-state index contributed by atoms with van der Waals surface area (Å²) in [6, 6.07) is 7.01. The molecule has 0 atom stereocenters. The molecule has 0 bridgehead atoms. The van der Waals surface area contributed by atoms with Gasteiger partial charge in [-0.1, -0.05) is 13.8 Å². The average Bonchev–Trinajstić information content (AvgIpc) is 2.37. The van der Waals surface area contributed by atoms with Gasteiger partial charge in [0.05, 0.1) is 0 Å². The van der Waals surface area contributed by atoms with Gasteiger partial charge in [0, 0.05) is 24.4 Å². The highest BCUT2D eigenvalue weighted by molar-refractivity contribution is 5.93. The predicted octanol–water partition coefficient (Wildman–Crippen LogP) is 2.65. The zero-order valence-electron chi connectivity index (χ0n) is 12.2. The van der Waals surface area contributed by atoms with Gasteiger partial charge in [0.15, 0.2) is 0 Å². The van der Waals surface area contributed by atoms with E-state index in [4.69, 9.17) is 4.74 Å². The number of nitrogens with one attached hydrogen (secondary N) is 2. The van der Waals surface area contributed by atoms with Crippen LogP contribution in [0.4, 0.5) is 11.4 Å². The maximum atomic E-state index is 11.6. The van der Waals surface area contributed by atoms with Gasteiger partial charge in [-0.15, -0.1) is 0 Å². The molecule has 20 heavy (non-hydrogen) atoms. The summed E-state index contributed by atoms with van der Waals surface area (Å²) >= 11 is 0. The van der Waals surface area contributed by atoms with Crippen LogP contribution in [0.1, 0.15) is 27.2 Å². The molecule has 0 heterocycles. The second-order valence-electron chi connectivity index (χ2n) is 4.91. The smallest absolute Gasteiger partial charge is 0.250 e. The van der Waals surface area contributed by atoms with Crippen LogP contribution in [0.2, 0.25) is 0 Å². The zero-order chi connectivity index (χ0) is 15.0. The summed E-state index contributed by atoms with van der Waals surface area (Å²) in [6.07, 6.45) is 0.493. The summed E-state index contributed by atoms with van der Waals surface area (Å²) in [5, 5.41) is 5.52. The fourth-order valence-electron chi connectivity index (χ4n) is 1.61. The number of rotatable bonds is 7. The van der Waals surface area contributed by atoms with Crippen LogP contribution < -0.4 is 10.6 Å². The fourth-order valence-corrected chi connectivity index (χ4v) is 1.61. The highest BCUT2D eigenvalue weighted by atomic mass is 16.5. The maximum Gasteiger partial charge on any atom is 0.250 e. The van der Waals surface area contributed by atoms with Crippen molar-refractivity contribution in [1.29, 1.82) is 0 Å². The third-order valence-corrected chi connectivity index (χ3v) is 2.48. The Labute approximate surface area is 119 Å². The predicted molar refractivity (Wildman–Crippen MR) is 79.6 cm³/mol. The molecule has 0 saturated carbocycles. The van der Waals surface area contributed by atoms with Crippen LogP contribution in [0, 0.1) is 5.92 Å². The number of amides is 2. The van der Waals surface area contributed by atoms with E-state index in [1.165, 1.54) is 0 Å². The van der Waals surface area contributed by atoms with Crippen LogP contribution in [0.25, 0.3) is 0 Å². The van der Waals surface area contributed by atoms with Gasteiger partial charge in [-0.25, -0.2) is 0 Å². The van der Waals surface area contributed by atoms with Crippen LogP contribution >= 0.6 is 0 Å². The largest absolute Gasteiger partial charge is 0.372 e. The van der Waals surface area contributed by atoms with E-state index in [1.807, 2.05) is 20.8 Å². The molecule has 1 aromatic carbocycles. The van der Waals surface area contributed by atoms with Gasteiger partial charge in [0.2, 0.25) is 11.8 Å². The number of carbonyl (C=O) groups excluding carboxylic acids is 2.